The van der Waals surface area contributed by atoms with Crippen molar-refractivity contribution < 1.29 is 35.5 Å². The fourth-order valence-corrected chi connectivity index (χ4v) is 1.06. The zero-order valence-electron chi connectivity index (χ0n) is 8.44. The maximum absolute atomic E-state index is 13.0. The first kappa shape index (κ1) is 14.4. The molecule has 0 heterocycles. The number of hydrogen-bond acceptors (Lipinski definition) is 2. The normalized spacial score (nSPS) is 12.9. The molecular formula is C9H6F7NO. The molecule has 2 N–H and O–H groups in total. The van der Waals surface area contributed by atoms with Crippen LogP contribution in [0.3, 0.4) is 0 Å². The Hall–Kier alpha value is -1.67. The molecule has 0 aliphatic carbocycles. The van der Waals surface area contributed by atoms with E-state index in [2.05, 4.69) is 4.74 Å². The van der Waals surface area contributed by atoms with Crippen LogP contribution in [-0.4, -0.2) is 18.5 Å². The van der Waals surface area contributed by atoms with Crippen molar-refractivity contribution in [3.8, 4) is 5.75 Å². The number of hydrogen-bond donors (Lipinski definition) is 1. The Labute approximate surface area is 96.1 Å². The summed E-state index contributed by atoms with van der Waals surface area (Å²) in [4.78, 5) is 0. The van der Waals surface area contributed by atoms with Gasteiger partial charge in [-0.05, 0) is 12.1 Å². The number of halogens is 7. The van der Waals surface area contributed by atoms with E-state index in [-0.39, 0.29) is 5.69 Å². The largest absolute Gasteiger partial charge is 0.468 e. The van der Waals surface area contributed by atoms with E-state index in [0.717, 1.165) is 6.07 Å². The molecule has 0 amide bonds. The number of ether oxygens (including phenoxy) is 1. The van der Waals surface area contributed by atoms with E-state index >= 15 is 0 Å². The van der Waals surface area contributed by atoms with Gasteiger partial charge in [0.15, 0.2) is 11.6 Å². The molecule has 0 aliphatic heterocycles. The van der Waals surface area contributed by atoms with Crippen LogP contribution in [0.5, 0.6) is 5.75 Å². The highest BCUT2D eigenvalue weighted by Gasteiger charge is 2.59. The minimum Gasteiger partial charge on any atom is -0.468 e. The van der Waals surface area contributed by atoms with Gasteiger partial charge in [0.2, 0.25) is 0 Å². The maximum atomic E-state index is 13.0. The first-order chi connectivity index (χ1) is 8.01. The number of alkyl halides is 6. The molecule has 0 atom stereocenters. The second kappa shape index (κ2) is 4.54. The fourth-order valence-electron chi connectivity index (χ4n) is 1.06. The standard InChI is InChI=1S/C9H6F7NO/c10-5-3-4(17)1-2-6(5)18-7(8(11,12)13)9(14,15)16/h1-3,7H,17H2. The molecule has 0 unspecified atom stereocenters. The van der Waals surface area contributed by atoms with Crippen LogP contribution in [0.15, 0.2) is 18.2 Å². The maximum Gasteiger partial charge on any atom is 0.434 e. The molecule has 0 aromatic heterocycles. The van der Waals surface area contributed by atoms with Crippen LogP contribution in [0.25, 0.3) is 0 Å². The van der Waals surface area contributed by atoms with Crippen molar-refractivity contribution in [3.05, 3.63) is 24.0 Å². The molecular weight excluding hydrogens is 271 g/mol. The van der Waals surface area contributed by atoms with Gasteiger partial charge in [-0.3, -0.25) is 0 Å². The van der Waals surface area contributed by atoms with E-state index in [1.54, 1.807) is 0 Å². The number of nitrogen functional groups attached to an aromatic ring is 1. The van der Waals surface area contributed by atoms with Gasteiger partial charge in [-0.25, -0.2) is 4.39 Å². The molecule has 1 aromatic rings. The fraction of sp³-hybridized carbons (Fsp3) is 0.333. The van der Waals surface area contributed by atoms with Gasteiger partial charge < -0.3 is 10.5 Å². The summed E-state index contributed by atoms with van der Waals surface area (Å²) in [5, 5.41) is 0. The van der Waals surface area contributed by atoms with Crippen molar-refractivity contribution in [1.29, 1.82) is 0 Å². The van der Waals surface area contributed by atoms with Gasteiger partial charge >= 0.3 is 12.4 Å². The van der Waals surface area contributed by atoms with Gasteiger partial charge in [-0.2, -0.15) is 26.3 Å². The minimum absolute atomic E-state index is 0.157. The Morgan fingerprint density at radius 3 is 1.89 bits per heavy atom. The van der Waals surface area contributed by atoms with Crippen molar-refractivity contribution in [2.75, 3.05) is 5.73 Å². The van der Waals surface area contributed by atoms with Crippen LogP contribution >= 0.6 is 0 Å². The molecule has 0 aliphatic rings. The second-order valence-corrected chi connectivity index (χ2v) is 3.27. The van der Waals surface area contributed by atoms with Crippen molar-refractivity contribution in [2.24, 2.45) is 0 Å². The van der Waals surface area contributed by atoms with Gasteiger partial charge in [0, 0.05) is 11.8 Å². The quantitative estimate of drug-likeness (QED) is 0.665. The van der Waals surface area contributed by atoms with Crippen LogP contribution in [0.4, 0.5) is 36.4 Å². The first-order valence-corrected chi connectivity index (χ1v) is 4.37. The van der Waals surface area contributed by atoms with Crippen molar-refractivity contribution in [2.45, 2.75) is 18.5 Å². The van der Waals surface area contributed by atoms with Gasteiger partial charge in [0.25, 0.3) is 6.10 Å². The highest BCUT2D eigenvalue weighted by molar-refractivity contribution is 5.42. The molecule has 18 heavy (non-hydrogen) atoms. The van der Waals surface area contributed by atoms with Gasteiger partial charge in [-0.15, -0.1) is 0 Å². The predicted molar refractivity (Wildman–Crippen MR) is 47.3 cm³/mol. The number of benzene rings is 1. The molecule has 9 heteroatoms. The van der Waals surface area contributed by atoms with E-state index in [1.807, 2.05) is 0 Å². The Bertz CT molecular complexity index is 412. The number of anilines is 1. The molecule has 1 rings (SSSR count). The van der Waals surface area contributed by atoms with Crippen molar-refractivity contribution >= 4 is 5.69 Å². The lowest BCUT2D eigenvalue weighted by Crippen LogP contribution is -2.46. The van der Waals surface area contributed by atoms with Gasteiger partial charge in [0.05, 0.1) is 0 Å². The summed E-state index contributed by atoms with van der Waals surface area (Å²) in [5.74, 6) is -2.59. The van der Waals surface area contributed by atoms with Gasteiger partial charge in [-0.1, -0.05) is 0 Å². The van der Waals surface area contributed by atoms with Crippen molar-refractivity contribution in [1.82, 2.24) is 0 Å². The predicted octanol–water partition coefficient (Wildman–Crippen LogP) is 3.28. The molecule has 0 fully saturated rings. The smallest absolute Gasteiger partial charge is 0.434 e. The molecule has 0 saturated heterocycles. The molecule has 1 aromatic carbocycles. The third-order valence-corrected chi connectivity index (χ3v) is 1.80. The van der Waals surface area contributed by atoms with E-state index in [9.17, 15) is 30.7 Å². The Balaban J connectivity index is 3.05. The van der Waals surface area contributed by atoms with E-state index in [1.165, 1.54) is 0 Å². The SMILES string of the molecule is Nc1ccc(OC(C(F)(F)F)C(F)(F)F)c(F)c1. The molecule has 0 saturated carbocycles. The molecule has 102 valence electrons. The minimum atomic E-state index is -5.70. The number of nitrogens with two attached hydrogens (primary N) is 1. The summed E-state index contributed by atoms with van der Waals surface area (Å²) in [6.07, 6.45) is -15.5. The van der Waals surface area contributed by atoms with Crippen molar-refractivity contribution in [3.63, 3.8) is 0 Å². The van der Waals surface area contributed by atoms with Crippen LogP contribution < -0.4 is 10.5 Å². The highest BCUT2D eigenvalue weighted by Crippen LogP contribution is 2.37. The summed E-state index contributed by atoms with van der Waals surface area (Å²) in [6, 6.07) is 2.07. The zero-order chi connectivity index (χ0) is 14.1. The van der Waals surface area contributed by atoms with Crippen LogP contribution in [0, 0.1) is 5.82 Å². The van der Waals surface area contributed by atoms with E-state index < -0.39 is 30.0 Å². The summed E-state index contributed by atoms with van der Waals surface area (Å²) in [7, 11) is 0. The Kier molecular flexibility index (Phi) is 3.63. The molecule has 2 nitrogen and oxygen atoms in total. The summed E-state index contributed by atoms with van der Waals surface area (Å²) >= 11 is 0. The topological polar surface area (TPSA) is 35.2 Å². The number of rotatable bonds is 2. The third kappa shape index (κ3) is 3.41. The molecule has 0 bridgehead atoms. The highest BCUT2D eigenvalue weighted by atomic mass is 19.4. The van der Waals surface area contributed by atoms with Gasteiger partial charge in [0.1, 0.15) is 0 Å². The monoisotopic (exact) mass is 277 g/mol. The lowest BCUT2D eigenvalue weighted by atomic mass is 10.2. The summed E-state index contributed by atoms with van der Waals surface area (Å²) < 4.78 is 89.4. The summed E-state index contributed by atoms with van der Waals surface area (Å²) in [6.45, 7) is 0. The average molecular weight is 277 g/mol. The zero-order valence-corrected chi connectivity index (χ0v) is 8.44. The first-order valence-electron chi connectivity index (χ1n) is 4.37. The Morgan fingerprint density at radius 1 is 1.00 bits per heavy atom. The van der Waals surface area contributed by atoms with E-state index in [4.69, 9.17) is 5.73 Å². The lowest BCUT2D eigenvalue weighted by Gasteiger charge is -2.24. The van der Waals surface area contributed by atoms with E-state index in [0.29, 0.717) is 12.1 Å². The van der Waals surface area contributed by atoms with Crippen LogP contribution in [0.2, 0.25) is 0 Å². The molecule has 0 radical (unpaired) electrons. The van der Waals surface area contributed by atoms with Crippen LogP contribution in [0.1, 0.15) is 0 Å². The Morgan fingerprint density at radius 2 is 1.50 bits per heavy atom. The summed E-state index contributed by atoms with van der Waals surface area (Å²) in [5.41, 5.74) is 4.93. The average Bonchev–Trinajstić information content (AvgIpc) is 2.12. The lowest BCUT2D eigenvalue weighted by molar-refractivity contribution is -0.300. The third-order valence-electron chi connectivity index (χ3n) is 1.80. The molecule has 0 spiro atoms. The second-order valence-electron chi connectivity index (χ2n) is 3.27. The van der Waals surface area contributed by atoms with Crippen LogP contribution in [-0.2, 0) is 0 Å².